The Balaban J connectivity index is 1.29. The summed E-state index contributed by atoms with van der Waals surface area (Å²) in [6, 6.07) is 17.6. The van der Waals surface area contributed by atoms with Crippen molar-refractivity contribution >= 4 is 17.7 Å². The molecule has 0 unspecified atom stereocenters. The predicted molar refractivity (Wildman–Crippen MR) is 127 cm³/mol. The summed E-state index contributed by atoms with van der Waals surface area (Å²) in [5.41, 5.74) is 2.17. The number of nitrogens with one attached hydrogen (secondary N) is 2. The fourth-order valence-corrected chi connectivity index (χ4v) is 3.92. The van der Waals surface area contributed by atoms with E-state index in [4.69, 9.17) is 4.74 Å². The molecule has 0 bridgehead atoms. The minimum atomic E-state index is -0.146. The number of hydrogen-bond acceptors (Lipinski definition) is 4. The highest BCUT2D eigenvalue weighted by Crippen LogP contribution is 2.18. The van der Waals surface area contributed by atoms with Crippen LogP contribution in [-0.4, -0.2) is 49.4 Å². The zero-order chi connectivity index (χ0) is 23.5. The van der Waals surface area contributed by atoms with Gasteiger partial charge in [-0.2, -0.15) is 0 Å². The summed E-state index contributed by atoms with van der Waals surface area (Å²) < 4.78 is 5.12. The summed E-state index contributed by atoms with van der Waals surface area (Å²) in [4.78, 5) is 38.8. The third-order valence-corrected chi connectivity index (χ3v) is 5.99. The second-order valence-corrected chi connectivity index (χ2v) is 8.31. The quantitative estimate of drug-likeness (QED) is 0.581. The summed E-state index contributed by atoms with van der Waals surface area (Å²) in [5, 5.41) is 5.86. The summed E-state index contributed by atoms with van der Waals surface area (Å²) in [7, 11) is 1.61. The van der Waals surface area contributed by atoms with Crippen molar-refractivity contribution in [2.24, 2.45) is 5.92 Å². The lowest BCUT2D eigenvalue weighted by Gasteiger charge is -2.31. The normalized spacial score (nSPS) is 13.9. The summed E-state index contributed by atoms with van der Waals surface area (Å²) in [6.45, 7) is 2.15. The molecule has 7 heteroatoms. The zero-order valence-electron chi connectivity index (χ0n) is 19.2. The van der Waals surface area contributed by atoms with Crippen LogP contribution in [0, 0.1) is 5.92 Å². The Bertz CT molecular complexity index is 907. The molecule has 1 saturated heterocycles. The lowest BCUT2D eigenvalue weighted by atomic mass is 9.95. The van der Waals surface area contributed by atoms with Crippen molar-refractivity contribution in [1.82, 2.24) is 15.5 Å². The number of piperidine rings is 1. The highest BCUT2D eigenvalue weighted by Gasteiger charge is 2.27. The molecule has 3 rings (SSSR count). The molecule has 3 amide bonds. The molecule has 0 radical (unpaired) electrons. The molecule has 1 aliphatic rings. The Morgan fingerprint density at radius 1 is 0.909 bits per heavy atom. The molecule has 2 aromatic rings. The maximum absolute atomic E-state index is 12.5. The number of hydrogen-bond donors (Lipinski definition) is 2. The van der Waals surface area contributed by atoms with Crippen molar-refractivity contribution in [1.29, 1.82) is 0 Å². The van der Waals surface area contributed by atoms with Gasteiger partial charge in [0.15, 0.2) is 0 Å². The van der Waals surface area contributed by atoms with Gasteiger partial charge in [-0.1, -0.05) is 42.5 Å². The van der Waals surface area contributed by atoms with Crippen LogP contribution in [0.4, 0.5) is 0 Å². The van der Waals surface area contributed by atoms with Gasteiger partial charge in [0.2, 0.25) is 17.7 Å². The van der Waals surface area contributed by atoms with E-state index in [2.05, 4.69) is 22.8 Å². The van der Waals surface area contributed by atoms with Crippen LogP contribution in [0.5, 0.6) is 5.75 Å². The second-order valence-electron chi connectivity index (χ2n) is 8.31. The largest absolute Gasteiger partial charge is 0.497 e. The molecule has 33 heavy (non-hydrogen) atoms. The van der Waals surface area contributed by atoms with Crippen LogP contribution in [0.3, 0.4) is 0 Å². The van der Waals surface area contributed by atoms with Crippen LogP contribution < -0.4 is 15.4 Å². The Labute approximate surface area is 195 Å². The van der Waals surface area contributed by atoms with Crippen LogP contribution in [0.25, 0.3) is 0 Å². The fraction of sp³-hybridized carbons (Fsp3) is 0.423. The van der Waals surface area contributed by atoms with E-state index in [1.807, 2.05) is 42.5 Å². The van der Waals surface area contributed by atoms with Crippen LogP contribution >= 0.6 is 0 Å². The lowest BCUT2D eigenvalue weighted by molar-refractivity contribution is -0.136. The topological polar surface area (TPSA) is 87.7 Å². The van der Waals surface area contributed by atoms with Gasteiger partial charge in [-0.05, 0) is 42.5 Å². The number of carbonyl (C=O) groups is 3. The highest BCUT2D eigenvalue weighted by atomic mass is 16.5. The average Bonchev–Trinajstić information content (AvgIpc) is 2.87. The molecule has 7 nitrogen and oxygen atoms in total. The third-order valence-electron chi connectivity index (χ3n) is 5.99. The smallest absolute Gasteiger partial charge is 0.223 e. The van der Waals surface area contributed by atoms with Gasteiger partial charge in [0.1, 0.15) is 5.75 Å². The lowest BCUT2D eigenvalue weighted by Crippen LogP contribution is -2.43. The van der Waals surface area contributed by atoms with Crippen LogP contribution in [0.1, 0.15) is 36.8 Å². The number of carbonyl (C=O) groups excluding carboxylic acids is 3. The van der Waals surface area contributed by atoms with Crippen molar-refractivity contribution in [3.8, 4) is 5.75 Å². The van der Waals surface area contributed by atoms with Gasteiger partial charge in [-0.3, -0.25) is 14.4 Å². The van der Waals surface area contributed by atoms with Gasteiger partial charge in [0.25, 0.3) is 0 Å². The highest BCUT2D eigenvalue weighted by molar-refractivity contribution is 5.84. The summed E-state index contributed by atoms with van der Waals surface area (Å²) in [6.07, 6.45) is 2.47. The Morgan fingerprint density at radius 2 is 1.61 bits per heavy atom. The maximum Gasteiger partial charge on any atom is 0.223 e. The van der Waals surface area contributed by atoms with Crippen molar-refractivity contribution in [2.45, 2.75) is 38.6 Å². The van der Waals surface area contributed by atoms with Gasteiger partial charge in [0, 0.05) is 44.9 Å². The molecule has 1 fully saturated rings. The maximum atomic E-state index is 12.5. The Kier molecular flexibility index (Phi) is 9.30. The van der Waals surface area contributed by atoms with E-state index in [1.54, 1.807) is 12.0 Å². The minimum absolute atomic E-state index is 0.0301. The molecule has 0 atom stereocenters. The van der Waals surface area contributed by atoms with Crippen molar-refractivity contribution in [3.05, 3.63) is 65.7 Å². The molecule has 0 saturated carbocycles. The minimum Gasteiger partial charge on any atom is -0.497 e. The molecule has 0 aliphatic carbocycles. The molecular formula is C26H33N3O4. The Morgan fingerprint density at radius 3 is 2.27 bits per heavy atom. The van der Waals surface area contributed by atoms with E-state index < -0.39 is 0 Å². The number of likely N-dealkylation sites (tertiary alicyclic amines) is 1. The second kappa shape index (κ2) is 12.6. The van der Waals surface area contributed by atoms with E-state index in [0.29, 0.717) is 39.0 Å². The van der Waals surface area contributed by atoms with E-state index >= 15 is 0 Å². The molecule has 2 aromatic carbocycles. The number of benzene rings is 2. The fourth-order valence-electron chi connectivity index (χ4n) is 3.92. The number of nitrogens with zero attached hydrogens (tertiary/aromatic N) is 1. The molecule has 0 aromatic heterocycles. The number of methoxy groups -OCH3 is 1. The summed E-state index contributed by atoms with van der Waals surface area (Å²) in [5.74, 6) is 0.599. The molecule has 176 valence electrons. The molecular weight excluding hydrogens is 418 g/mol. The molecule has 2 N–H and O–H groups in total. The number of rotatable bonds is 10. The molecule has 1 heterocycles. The first-order valence-electron chi connectivity index (χ1n) is 11.5. The average molecular weight is 452 g/mol. The van der Waals surface area contributed by atoms with Gasteiger partial charge in [-0.15, -0.1) is 0 Å². The first-order valence-corrected chi connectivity index (χ1v) is 11.5. The molecule has 1 aliphatic heterocycles. The SMILES string of the molecule is COc1ccc(CNC(=O)CCC(=O)N2CCC(C(=O)NCCc3ccccc3)CC2)cc1. The van der Waals surface area contributed by atoms with E-state index in [9.17, 15) is 14.4 Å². The first-order chi connectivity index (χ1) is 16.0. The Hall–Kier alpha value is -3.35. The van der Waals surface area contributed by atoms with E-state index in [1.165, 1.54) is 5.56 Å². The van der Waals surface area contributed by atoms with Crippen LogP contribution in [0.2, 0.25) is 0 Å². The van der Waals surface area contributed by atoms with Crippen molar-refractivity contribution < 1.29 is 19.1 Å². The van der Waals surface area contributed by atoms with Gasteiger partial charge in [-0.25, -0.2) is 0 Å². The predicted octanol–water partition coefficient (Wildman–Crippen LogP) is 2.69. The third kappa shape index (κ3) is 7.93. The summed E-state index contributed by atoms with van der Waals surface area (Å²) >= 11 is 0. The number of ether oxygens (including phenoxy) is 1. The monoisotopic (exact) mass is 451 g/mol. The number of amides is 3. The first kappa shape index (κ1) is 24.3. The van der Waals surface area contributed by atoms with E-state index in [-0.39, 0.29) is 36.5 Å². The van der Waals surface area contributed by atoms with Crippen molar-refractivity contribution in [2.75, 3.05) is 26.7 Å². The van der Waals surface area contributed by atoms with Crippen molar-refractivity contribution in [3.63, 3.8) is 0 Å². The van der Waals surface area contributed by atoms with Gasteiger partial charge >= 0.3 is 0 Å². The van der Waals surface area contributed by atoms with Gasteiger partial charge < -0.3 is 20.3 Å². The van der Waals surface area contributed by atoms with E-state index in [0.717, 1.165) is 17.7 Å². The van der Waals surface area contributed by atoms with Crippen LogP contribution in [-0.2, 0) is 27.3 Å². The molecule has 0 spiro atoms. The zero-order valence-corrected chi connectivity index (χ0v) is 19.2. The standard InChI is InChI=1S/C26H33N3O4/c1-33-23-9-7-21(8-10-23)19-28-24(30)11-12-25(31)29-17-14-22(15-18-29)26(32)27-16-13-20-5-3-2-4-6-20/h2-10,22H,11-19H2,1H3,(H,27,32)(H,28,30). The van der Waals surface area contributed by atoms with Crippen LogP contribution in [0.15, 0.2) is 54.6 Å². The van der Waals surface area contributed by atoms with Gasteiger partial charge in [0.05, 0.1) is 7.11 Å².